The molecule has 0 spiro atoms. The zero-order chi connectivity index (χ0) is 25.6. The average Bonchev–Trinajstić information content (AvgIpc) is 3.46. The average molecular weight is 522 g/mol. The van der Waals surface area contributed by atoms with E-state index in [-0.39, 0.29) is 11.0 Å². The molecule has 9 nitrogen and oxygen atoms in total. The van der Waals surface area contributed by atoms with Gasteiger partial charge in [0.15, 0.2) is 9.84 Å². The number of nitrogens with one attached hydrogen (secondary N) is 1. The molecule has 5 heterocycles. The van der Waals surface area contributed by atoms with E-state index in [1.807, 2.05) is 29.8 Å². The molecule has 194 valence electrons. The molecule has 3 aliphatic rings. The van der Waals surface area contributed by atoms with Gasteiger partial charge in [0, 0.05) is 37.1 Å². The van der Waals surface area contributed by atoms with Crippen LogP contribution in [0.2, 0.25) is 0 Å². The number of anilines is 2. The second-order valence-electron chi connectivity index (χ2n) is 10.1. The minimum Gasteiger partial charge on any atom is -0.374 e. The molecule has 1 fully saturated rings. The Kier molecular flexibility index (Phi) is 6.34. The lowest BCUT2D eigenvalue weighted by atomic mass is 10.0. The SMILES string of the molecule is CC1=Nc2c(Nc3ccc(C4CCCCO4)cc3S(C)(=O)=O)cc(Cc3cc4n(n3)CCOC4)nc2C1. The van der Waals surface area contributed by atoms with Crippen LogP contribution in [0.3, 0.4) is 0 Å². The highest BCUT2D eigenvalue weighted by Gasteiger charge is 2.24. The molecule has 1 atom stereocenters. The molecule has 1 unspecified atom stereocenters. The first-order chi connectivity index (χ1) is 17.8. The first kappa shape index (κ1) is 24.3. The summed E-state index contributed by atoms with van der Waals surface area (Å²) in [6.07, 6.45) is 5.43. The van der Waals surface area contributed by atoms with Crippen LogP contribution in [-0.4, -0.2) is 48.4 Å². The number of ether oxygens (including phenoxy) is 2. The Labute approximate surface area is 216 Å². The van der Waals surface area contributed by atoms with Crippen molar-refractivity contribution < 1.29 is 17.9 Å². The second kappa shape index (κ2) is 9.66. The number of nitrogens with zero attached hydrogens (tertiary/aromatic N) is 4. The topological polar surface area (TPSA) is 108 Å². The number of hydrogen-bond acceptors (Lipinski definition) is 8. The van der Waals surface area contributed by atoms with Crippen LogP contribution in [0.4, 0.5) is 17.1 Å². The van der Waals surface area contributed by atoms with E-state index in [9.17, 15) is 8.42 Å². The van der Waals surface area contributed by atoms with Gasteiger partial charge in [0.2, 0.25) is 0 Å². The minimum absolute atomic E-state index is 0.0709. The lowest BCUT2D eigenvalue weighted by Crippen LogP contribution is -2.16. The predicted molar refractivity (Wildman–Crippen MR) is 141 cm³/mol. The highest BCUT2D eigenvalue weighted by molar-refractivity contribution is 7.90. The van der Waals surface area contributed by atoms with Crippen molar-refractivity contribution in [2.75, 3.05) is 24.8 Å². The smallest absolute Gasteiger partial charge is 0.177 e. The third-order valence-electron chi connectivity index (χ3n) is 7.04. The summed E-state index contributed by atoms with van der Waals surface area (Å²) in [5, 5.41) is 8.12. The van der Waals surface area contributed by atoms with Crippen molar-refractivity contribution in [1.29, 1.82) is 0 Å². The first-order valence-corrected chi connectivity index (χ1v) is 14.7. The number of benzene rings is 1. The Hall–Kier alpha value is -3.08. The molecule has 2 aromatic heterocycles. The minimum atomic E-state index is -3.49. The van der Waals surface area contributed by atoms with E-state index in [0.29, 0.717) is 38.3 Å². The maximum Gasteiger partial charge on any atom is 0.177 e. The molecule has 10 heteroatoms. The van der Waals surface area contributed by atoms with E-state index in [0.717, 1.165) is 71.2 Å². The van der Waals surface area contributed by atoms with Gasteiger partial charge in [-0.3, -0.25) is 14.7 Å². The highest BCUT2D eigenvalue weighted by atomic mass is 32.2. The van der Waals surface area contributed by atoms with Crippen LogP contribution in [0.25, 0.3) is 0 Å². The zero-order valence-electron chi connectivity index (χ0n) is 21.2. The summed E-state index contributed by atoms with van der Waals surface area (Å²) in [4.78, 5) is 9.86. The van der Waals surface area contributed by atoms with Gasteiger partial charge in [-0.05, 0) is 56.0 Å². The Morgan fingerprint density at radius 2 is 2.00 bits per heavy atom. The number of sulfone groups is 1. The molecule has 3 aliphatic heterocycles. The second-order valence-corrected chi connectivity index (χ2v) is 12.1. The molecule has 0 aliphatic carbocycles. The first-order valence-electron chi connectivity index (χ1n) is 12.8. The summed E-state index contributed by atoms with van der Waals surface area (Å²) >= 11 is 0. The maximum absolute atomic E-state index is 12.8. The quantitative estimate of drug-likeness (QED) is 0.511. The monoisotopic (exact) mass is 521 g/mol. The largest absolute Gasteiger partial charge is 0.374 e. The molecule has 1 aromatic carbocycles. The van der Waals surface area contributed by atoms with Crippen molar-refractivity contribution >= 4 is 32.6 Å². The van der Waals surface area contributed by atoms with Gasteiger partial charge in [0.05, 0.1) is 59.2 Å². The van der Waals surface area contributed by atoms with Crippen molar-refractivity contribution in [2.45, 2.75) is 63.2 Å². The number of fused-ring (bicyclic) bond motifs is 2. The lowest BCUT2D eigenvalue weighted by Gasteiger charge is -2.24. The maximum atomic E-state index is 12.8. The van der Waals surface area contributed by atoms with Crippen molar-refractivity contribution in [3.63, 3.8) is 0 Å². The van der Waals surface area contributed by atoms with E-state index in [4.69, 9.17) is 24.5 Å². The van der Waals surface area contributed by atoms with Crippen LogP contribution in [0, 0.1) is 0 Å². The van der Waals surface area contributed by atoms with Gasteiger partial charge in [0.1, 0.15) is 5.69 Å². The Morgan fingerprint density at radius 3 is 2.78 bits per heavy atom. The summed E-state index contributed by atoms with van der Waals surface area (Å²) < 4.78 is 39.1. The zero-order valence-corrected chi connectivity index (χ0v) is 22.0. The van der Waals surface area contributed by atoms with Crippen molar-refractivity contribution in [3.05, 3.63) is 58.7 Å². The molecule has 0 bridgehead atoms. The van der Waals surface area contributed by atoms with Crippen molar-refractivity contribution in [2.24, 2.45) is 4.99 Å². The van der Waals surface area contributed by atoms with E-state index in [2.05, 4.69) is 11.4 Å². The van der Waals surface area contributed by atoms with Gasteiger partial charge in [-0.25, -0.2) is 8.42 Å². The molecule has 0 saturated carbocycles. The number of rotatable bonds is 6. The summed E-state index contributed by atoms with van der Waals surface area (Å²) in [6, 6.07) is 9.58. The highest BCUT2D eigenvalue weighted by Crippen LogP contribution is 2.39. The summed E-state index contributed by atoms with van der Waals surface area (Å²) in [6.45, 7) is 4.68. The fraction of sp³-hybridized carbons (Fsp3) is 0.444. The predicted octanol–water partition coefficient (Wildman–Crippen LogP) is 4.44. The molecule has 3 aromatic rings. The molecule has 0 radical (unpaired) electrons. The third-order valence-corrected chi connectivity index (χ3v) is 8.18. The number of aliphatic imine (C=N–C) groups is 1. The van der Waals surface area contributed by atoms with Crippen molar-refractivity contribution in [1.82, 2.24) is 14.8 Å². The van der Waals surface area contributed by atoms with E-state index in [1.54, 1.807) is 6.07 Å². The summed E-state index contributed by atoms with van der Waals surface area (Å²) in [7, 11) is -3.49. The molecule has 37 heavy (non-hydrogen) atoms. The standard InChI is InChI=1S/C27H31N5O4S/c1-17-11-23-27(28-17)24(15-19(29-23)13-20-14-21-16-35-10-8-32(21)31-20)30-22-7-6-18(12-26(22)37(2,33)34)25-5-3-4-9-36-25/h6-7,12,14-15,25H,3-5,8-11,13,16H2,1-2H3,(H,29,30). The van der Waals surface area contributed by atoms with Crippen LogP contribution >= 0.6 is 0 Å². The molecular weight excluding hydrogens is 490 g/mol. The van der Waals surface area contributed by atoms with Crippen LogP contribution in [0.15, 0.2) is 40.2 Å². The summed E-state index contributed by atoms with van der Waals surface area (Å²) in [5.74, 6) is 0. The Bertz CT molecular complexity index is 1470. The third kappa shape index (κ3) is 5.05. The van der Waals surface area contributed by atoms with Gasteiger partial charge in [-0.1, -0.05) is 6.07 Å². The fourth-order valence-electron chi connectivity index (χ4n) is 5.28. The Morgan fingerprint density at radius 1 is 1.11 bits per heavy atom. The van der Waals surface area contributed by atoms with Crippen LogP contribution in [0.5, 0.6) is 0 Å². The van der Waals surface area contributed by atoms with Gasteiger partial charge < -0.3 is 14.8 Å². The lowest BCUT2D eigenvalue weighted by molar-refractivity contribution is 0.0148. The number of hydrogen-bond donors (Lipinski definition) is 1. The molecule has 6 rings (SSSR count). The number of pyridine rings is 1. The van der Waals surface area contributed by atoms with E-state index in [1.165, 1.54) is 6.26 Å². The van der Waals surface area contributed by atoms with Crippen LogP contribution in [-0.2, 0) is 45.3 Å². The number of aromatic nitrogens is 3. The fourth-order valence-corrected chi connectivity index (χ4v) is 6.15. The van der Waals surface area contributed by atoms with E-state index >= 15 is 0 Å². The normalized spacial score (nSPS) is 19.3. The van der Waals surface area contributed by atoms with Gasteiger partial charge in [-0.2, -0.15) is 5.10 Å². The van der Waals surface area contributed by atoms with E-state index < -0.39 is 9.84 Å². The van der Waals surface area contributed by atoms with Crippen molar-refractivity contribution in [3.8, 4) is 0 Å². The van der Waals surface area contributed by atoms with Crippen LogP contribution < -0.4 is 5.32 Å². The summed E-state index contributed by atoms with van der Waals surface area (Å²) in [5.41, 5.74) is 7.65. The molecule has 1 N–H and O–H groups in total. The van der Waals surface area contributed by atoms with Gasteiger partial charge in [0.25, 0.3) is 0 Å². The van der Waals surface area contributed by atoms with Gasteiger partial charge >= 0.3 is 0 Å². The van der Waals surface area contributed by atoms with Gasteiger partial charge in [-0.15, -0.1) is 0 Å². The Balaban J connectivity index is 1.35. The molecular formula is C27H31N5O4S. The molecule has 1 saturated heterocycles. The van der Waals surface area contributed by atoms with Crippen LogP contribution in [0.1, 0.15) is 60.6 Å². The molecule has 0 amide bonds.